The van der Waals surface area contributed by atoms with E-state index in [1.54, 1.807) is 38.4 Å². The molecule has 0 heterocycles. The van der Waals surface area contributed by atoms with Crippen molar-refractivity contribution in [2.75, 3.05) is 27.4 Å². The Morgan fingerprint density at radius 1 is 0.903 bits per heavy atom. The van der Waals surface area contributed by atoms with Crippen LogP contribution in [0.1, 0.15) is 42.1 Å². The van der Waals surface area contributed by atoms with Crippen LogP contribution in [0.4, 0.5) is 0 Å². The first-order chi connectivity index (χ1) is 14.9. The number of methoxy groups -OCH3 is 1. The van der Waals surface area contributed by atoms with E-state index in [2.05, 4.69) is 0 Å². The Morgan fingerprint density at radius 3 is 2.16 bits per heavy atom. The first-order valence-electron chi connectivity index (χ1n) is 10.2. The van der Waals surface area contributed by atoms with Gasteiger partial charge in [-0.15, -0.1) is 0 Å². The van der Waals surface area contributed by atoms with Gasteiger partial charge < -0.3 is 19.1 Å². The van der Waals surface area contributed by atoms with Crippen molar-refractivity contribution in [3.05, 3.63) is 59.7 Å². The normalized spacial score (nSPS) is 10.3. The second-order valence-electron chi connectivity index (χ2n) is 7.05. The van der Waals surface area contributed by atoms with Crippen molar-refractivity contribution in [3.63, 3.8) is 0 Å². The summed E-state index contributed by atoms with van der Waals surface area (Å²) in [6.45, 7) is 2.66. The Kier molecular flexibility index (Phi) is 9.55. The van der Waals surface area contributed by atoms with E-state index in [4.69, 9.17) is 14.2 Å². The van der Waals surface area contributed by atoms with Crippen molar-refractivity contribution in [1.82, 2.24) is 4.90 Å². The summed E-state index contributed by atoms with van der Waals surface area (Å²) in [6, 6.07) is 14.2. The fourth-order valence-corrected chi connectivity index (χ4v) is 2.73. The zero-order valence-electron chi connectivity index (χ0n) is 18.3. The molecule has 0 aliphatic carbocycles. The maximum Gasteiger partial charge on any atom is 0.306 e. The van der Waals surface area contributed by atoms with Gasteiger partial charge in [-0.3, -0.25) is 14.4 Å². The molecule has 0 N–H and O–H groups in total. The van der Waals surface area contributed by atoms with Crippen molar-refractivity contribution in [2.45, 2.75) is 32.7 Å². The SMILES string of the molecule is CCCOc1ccc(C(=O)CCC(=O)OCC(=O)N(C)Cc2ccc(OC)cc2)cc1. The van der Waals surface area contributed by atoms with Gasteiger partial charge in [-0.2, -0.15) is 0 Å². The number of ether oxygens (including phenoxy) is 3. The minimum atomic E-state index is -0.581. The van der Waals surface area contributed by atoms with E-state index in [0.29, 0.717) is 24.5 Å². The number of rotatable bonds is 12. The summed E-state index contributed by atoms with van der Waals surface area (Å²) in [5, 5.41) is 0. The summed E-state index contributed by atoms with van der Waals surface area (Å²) < 4.78 is 15.6. The molecule has 0 unspecified atom stereocenters. The number of hydrogen-bond donors (Lipinski definition) is 0. The summed E-state index contributed by atoms with van der Waals surface area (Å²) in [5.41, 5.74) is 1.44. The number of ketones is 1. The van der Waals surface area contributed by atoms with Crippen molar-refractivity contribution in [1.29, 1.82) is 0 Å². The summed E-state index contributed by atoms with van der Waals surface area (Å²) in [5.74, 6) is 0.375. The monoisotopic (exact) mass is 427 g/mol. The molecule has 0 bridgehead atoms. The number of Topliss-reactive ketones (excluding diaryl/α,β-unsaturated/α-hetero) is 1. The number of amides is 1. The fourth-order valence-electron chi connectivity index (χ4n) is 2.73. The lowest BCUT2D eigenvalue weighted by molar-refractivity contribution is -0.151. The molecule has 0 radical (unpaired) electrons. The van der Waals surface area contributed by atoms with Crippen molar-refractivity contribution >= 4 is 17.7 Å². The van der Waals surface area contributed by atoms with E-state index in [0.717, 1.165) is 17.7 Å². The van der Waals surface area contributed by atoms with E-state index < -0.39 is 5.97 Å². The Labute approximate surface area is 182 Å². The number of hydrogen-bond acceptors (Lipinski definition) is 6. The van der Waals surface area contributed by atoms with Gasteiger partial charge >= 0.3 is 5.97 Å². The van der Waals surface area contributed by atoms with Crippen molar-refractivity contribution in [2.24, 2.45) is 0 Å². The molecular formula is C24H29NO6. The van der Waals surface area contributed by atoms with E-state index in [-0.39, 0.29) is 31.1 Å². The average Bonchev–Trinajstić information content (AvgIpc) is 2.80. The lowest BCUT2D eigenvalue weighted by Crippen LogP contribution is -2.30. The van der Waals surface area contributed by atoms with Crippen LogP contribution in [0.15, 0.2) is 48.5 Å². The van der Waals surface area contributed by atoms with Crippen LogP contribution < -0.4 is 9.47 Å². The van der Waals surface area contributed by atoms with Gasteiger partial charge in [-0.25, -0.2) is 0 Å². The predicted octanol–water partition coefficient (Wildman–Crippen LogP) is 3.65. The largest absolute Gasteiger partial charge is 0.497 e. The molecule has 0 atom stereocenters. The van der Waals surface area contributed by atoms with Gasteiger partial charge in [-0.05, 0) is 48.4 Å². The zero-order valence-corrected chi connectivity index (χ0v) is 18.3. The lowest BCUT2D eigenvalue weighted by atomic mass is 10.1. The Hall–Kier alpha value is -3.35. The highest BCUT2D eigenvalue weighted by Crippen LogP contribution is 2.15. The van der Waals surface area contributed by atoms with Gasteiger partial charge in [-0.1, -0.05) is 19.1 Å². The third kappa shape index (κ3) is 8.12. The van der Waals surface area contributed by atoms with Crippen LogP contribution in [0.25, 0.3) is 0 Å². The molecule has 1 amide bonds. The molecule has 0 aliphatic rings. The highest BCUT2D eigenvalue weighted by atomic mass is 16.5. The van der Waals surface area contributed by atoms with Crippen LogP contribution in [-0.2, 0) is 20.9 Å². The second-order valence-corrected chi connectivity index (χ2v) is 7.05. The number of benzene rings is 2. The van der Waals surface area contributed by atoms with Crippen LogP contribution in [0.2, 0.25) is 0 Å². The van der Waals surface area contributed by atoms with Gasteiger partial charge in [0.25, 0.3) is 5.91 Å². The first-order valence-corrected chi connectivity index (χ1v) is 10.2. The van der Waals surface area contributed by atoms with E-state index in [9.17, 15) is 14.4 Å². The standard InChI is InChI=1S/C24H29NO6/c1-4-15-30-21-11-7-19(8-12-21)22(26)13-14-24(28)31-17-23(27)25(2)16-18-5-9-20(29-3)10-6-18/h5-12H,4,13-17H2,1-3H3. The molecule has 0 aromatic heterocycles. The lowest BCUT2D eigenvalue weighted by Gasteiger charge is -2.17. The average molecular weight is 427 g/mol. The Morgan fingerprint density at radius 2 is 1.55 bits per heavy atom. The van der Waals surface area contributed by atoms with Gasteiger partial charge in [0.05, 0.1) is 20.1 Å². The smallest absolute Gasteiger partial charge is 0.306 e. The topological polar surface area (TPSA) is 82.1 Å². The van der Waals surface area contributed by atoms with Crippen LogP contribution >= 0.6 is 0 Å². The van der Waals surface area contributed by atoms with Crippen molar-refractivity contribution in [3.8, 4) is 11.5 Å². The molecule has 0 spiro atoms. The van der Waals surface area contributed by atoms with Crippen molar-refractivity contribution < 1.29 is 28.6 Å². The van der Waals surface area contributed by atoms with Crippen LogP contribution in [-0.4, -0.2) is 49.9 Å². The maximum absolute atomic E-state index is 12.2. The van der Waals surface area contributed by atoms with Gasteiger partial charge in [0.15, 0.2) is 12.4 Å². The maximum atomic E-state index is 12.2. The zero-order chi connectivity index (χ0) is 22.6. The van der Waals surface area contributed by atoms with Crippen LogP contribution in [0.5, 0.6) is 11.5 Å². The number of nitrogens with zero attached hydrogens (tertiary/aromatic N) is 1. The van der Waals surface area contributed by atoms with Gasteiger partial charge in [0, 0.05) is 25.6 Å². The molecule has 7 heteroatoms. The molecule has 2 rings (SSSR count). The molecule has 0 aliphatic heterocycles. The quantitative estimate of drug-likeness (QED) is 0.380. The summed E-state index contributed by atoms with van der Waals surface area (Å²) in [7, 11) is 3.23. The molecule has 2 aromatic carbocycles. The van der Waals surface area contributed by atoms with E-state index in [1.165, 1.54) is 4.90 Å². The number of likely N-dealkylation sites (N-methyl/N-ethyl adjacent to an activating group) is 1. The molecule has 0 fully saturated rings. The molecule has 0 saturated carbocycles. The first kappa shape index (κ1) is 23.9. The van der Waals surface area contributed by atoms with E-state index in [1.807, 2.05) is 31.2 Å². The molecule has 31 heavy (non-hydrogen) atoms. The molecule has 0 saturated heterocycles. The Bertz CT molecular complexity index is 861. The molecule has 2 aromatic rings. The van der Waals surface area contributed by atoms with Crippen LogP contribution in [0.3, 0.4) is 0 Å². The summed E-state index contributed by atoms with van der Waals surface area (Å²) >= 11 is 0. The minimum absolute atomic E-state index is 0.0177. The highest BCUT2D eigenvalue weighted by Gasteiger charge is 2.14. The molecule has 166 valence electrons. The summed E-state index contributed by atoms with van der Waals surface area (Å²) in [4.78, 5) is 37.8. The third-order valence-corrected chi connectivity index (χ3v) is 4.57. The van der Waals surface area contributed by atoms with Gasteiger partial charge in [0.1, 0.15) is 11.5 Å². The van der Waals surface area contributed by atoms with Gasteiger partial charge in [0.2, 0.25) is 0 Å². The number of carbonyl (C=O) groups excluding carboxylic acids is 3. The number of esters is 1. The third-order valence-electron chi connectivity index (χ3n) is 4.57. The molecular weight excluding hydrogens is 398 g/mol. The summed E-state index contributed by atoms with van der Waals surface area (Å²) in [6.07, 6.45) is 0.842. The fraction of sp³-hybridized carbons (Fsp3) is 0.375. The minimum Gasteiger partial charge on any atom is -0.497 e. The van der Waals surface area contributed by atoms with Crippen LogP contribution in [0, 0.1) is 0 Å². The second kappa shape index (κ2) is 12.4. The van der Waals surface area contributed by atoms with E-state index >= 15 is 0 Å². The predicted molar refractivity (Wildman–Crippen MR) is 116 cm³/mol. The molecule has 7 nitrogen and oxygen atoms in total. The highest BCUT2D eigenvalue weighted by molar-refractivity contribution is 5.97. The Balaban J connectivity index is 1.71. The number of carbonyl (C=O) groups is 3.